The van der Waals surface area contributed by atoms with Crippen molar-refractivity contribution in [2.45, 2.75) is 11.0 Å². The molecular weight excluding hydrogens is 397 g/mol. The summed E-state index contributed by atoms with van der Waals surface area (Å²) in [5.74, 6) is -0.167. The van der Waals surface area contributed by atoms with Gasteiger partial charge < -0.3 is 10.4 Å². The first-order chi connectivity index (χ1) is 10.1. The van der Waals surface area contributed by atoms with Crippen molar-refractivity contribution < 1.29 is 9.90 Å². The lowest BCUT2D eigenvalue weighted by molar-refractivity contribution is 0.0915. The van der Waals surface area contributed by atoms with Gasteiger partial charge in [0.1, 0.15) is 0 Å². The minimum atomic E-state index is -0.703. The summed E-state index contributed by atoms with van der Waals surface area (Å²) in [7, 11) is 0. The van der Waals surface area contributed by atoms with Crippen LogP contribution in [0.25, 0.3) is 0 Å². The summed E-state index contributed by atoms with van der Waals surface area (Å²) < 4.78 is 0.895. The van der Waals surface area contributed by atoms with Gasteiger partial charge in [-0.15, -0.1) is 11.8 Å². The molecule has 21 heavy (non-hydrogen) atoms. The Morgan fingerprint density at radius 3 is 2.52 bits per heavy atom. The molecule has 0 aromatic heterocycles. The van der Waals surface area contributed by atoms with Crippen molar-refractivity contribution in [2.75, 3.05) is 12.8 Å². The molecule has 0 spiro atoms. The Bertz CT molecular complexity index is 616. The number of hydrogen-bond donors (Lipinski definition) is 2. The second kappa shape index (κ2) is 7.82. The fourth-order valence-corrected chi connectivity index (χ4v) is 2.91. The molecule has 2 aromatic carbocycles. The lowest BCUT2D eigenvalue weighted by Gasteiger charge is -2.13. The van der Waals surface area contributed by atoms with Crippen LogP contribution in [0, 0.1) is 3.57 Å². The van der Waals surface area contributed by atoms with Gasteiger partial charge in [0.2, 0.25) is 0 Å². The zero-order valence-corrected chi connectivity index (χ0v) is 14.5. The van der Waals surface area contributed by atoms with Gasteiger partial charge in [-0.3, -0.25) is 4.79 Å². The van der Waals surface area contributed by atoms with Gasteiger partial charge in [0, 0.05) is 15.0 Å². The van der Waals surface area contributed by atoms with Gasteiger partial charge in [-0.1, -0.05) is 24.3 Å². The predicted molar refractivity (Wildman–Crippen MR) is 94.7 cm³/mol. The standard InChI is InChI=1S/C16H16INO2S/c1-21-12-8-6-11(7-9-12)15(19)10-18-16(20)13-4-2-3-5-14(13)17/h2-9,15,19H,10H2,1H3,(H,18,20). The van der Waals surface area contributed by atoms with Crippen molar-refractivity contribution in [2.24, 2.45) is 0 Å². The van der Waals surface area contributed by atoms with Gasteiger partial charge in [0.15, 0.2) is 0 Å². The molecule has 0 aliphatic carbocycles. The molecule has 0 saturated heterocycles. The maximum absolute atomic E-state index is 12.1. The minimum absolute atomic E-state index is 0.167. The van der Waals surface area contributed by atoms with Gasteiger partial charge in [-0.05, 0) is 58.7 Å². The van der Waals surface area contributed by atoms with Crippen molar-refractivity contribution in [3.05, 3.63) is 63.2 Å². The predicted octanol–water partition coefficient (Wildman–Crippen LogP) is 3.48. The number of nitrogens with one attached hydrogen (secondary N) is 1. The van der Waals surface area contributed by atoms with Crippen LogP contribution in [0.3, 0.4) is 0 Å². The number of carbonyl (C=O) groups is 1. The Kier molecular flexibility index (Phi) is 6.08. The zero-order valence-electron chi connectivity index (χ0n) is 11.5. The van der Waals surface area contributed by atoms with E-state index in [2.05, 4.69) is 27.9 Å². The zero-order chi connectivity index (χ0) is 15.2. The van der Waals surface area contributed by atoms with Crippen LogP contribution in [0.1, 0.15) is 22.0 Å². The Morgan fingerprint density at radius 1 is 1.24 bits per heavy atom. The van der Waals surface area contributed by atoms with E-state index in [1.165, 1.54) is 0 Å². The molecule has 0 aliphatic rings. The average molecular weight is 413 g/mol. The van der Waals surface area contributed by atoms with E-state index in [0.717, 1.165) is 14.0 Å². The van der Waals surface area contributed by atoms with Crippen LogP contribution >= 0.6 is 34.4 Å². The number of aliphatic hydroxyl groups excluding tert-OH is 1. The molecular formula is C16H16INO2S. The van der Waals surface area contributed by atoms with Gasteiger partial charge in [-0.25, -0.2) is 0 Å². The fourth-order valence-electron chi connectivity index (χ4n) is 1.87. The Hall–Kier alpha value is -1.05. The third-order valence-electron chi connectivity index (χ3n) is 3.08. The number of halogens is 1. The van der Waals surface area contributed by atoms with Crippen molar-refractivity contribution in [1.82, 2.24) is 5.32 Å². The number of benzene rings is 2. The summed E-state index contributed by atoms with van der Waals surface area (Å²) in [6, 6.07) is 15.1. The van der Waals surface area contributed by atoms with Crippen LogP contribution < -0.4 is 5.32 Å². The van der Waals surface area contributed by atoms with E-state index in [1.54, 1.807) is 17.8 Å². The summed E-state index contributed by atoms with van der Waals surface area (Å²) in [5.41, 5.74) is 1.43. The van der Waals surface area contributed by atoms with Crippen molar-refractivity contribution in [1.29, 1.82) is 0 Å². The highest BCUT2D eigenvalue weighted by Crippen LogP contribution is 2.19. The molecule has 3 nitrogen and oxygen atoms in total. The average Bonchev–Trinajstić information content (AvgIpc) is 2.52. The quantitative estimate of drug-likeness (QED) is 0.583. The normalized spacial score (nSPS) is 12.0. The van der Waals surface area contributed by atoms with Gasteiger partial charge in [0.05, 0.1) is 11.7 Å². The molecule has 1 amide bonds. The highest BCUT2D eigenvalue weighted by Gasteiger charge is 2.12. The van der Waals surface area contributed by atoms with Crippen molar-refractivity contribution >= 4 is 40.3 Å². The summed E-state index contributed by atoms with van der Waals surface area (Å²) in [4.78, 5) is 13.2. The summed E-state index contributed by atoms with van der Waals surface area (Å²) in [6.07, 6.45) is 1.30. The monoisotopic (exact) mass is 413 g/mol. The molecule has 1 atom stereocenters. The largest absolute Gasteiger partial charge is 0.387 e. The molecule has 0 aliphatic heterocycles. The maximum atomic E-state index is 12.1. The van der Waals surface area contributed by atoms with E-state index in [1.807, 2.05) is 48.7 Å². The molecule has 1 unspecified atom stereocenters. The minimum Gasteiger partial charge on any atom is -0.387 e. The number of amides is 1. The van der Waals surface area contributed by atoms with Crippen LogP contribution in [-0.2, 0) is 0 Å². The Morgan fingerprint density at radius 2 is 1.90 bits per heavy atom. The highest BCUT2D eigenvalue weighted by atomic mass is 127. The SMILES string of the molecule is CSc1ccc(C(O)CNC(=O)c2ccccc2I)cc1. The van der Waals surface area contributed by atoms with Crippen LogP contribution in [0.2, 0.25) is 0 Å². The summed E-state index contributed by atoms with van der Waals surface area (Å²) >= 11 is 3.78. The maximum Gasteiger partial charge on any atom is 0.252 e. The number of rotatable bonds is 5. The molecule has 2 aromatic rings. The Labute approximate surface area is 142 Å². The number of aliphatic hydroxyl groups is 1. The fraction of sp³-hybridized carbons (Fsp3) is 0.188. The first kappa shape index (κ1) is 16.3. The number of hydrogen-bond acceptors (Lipinski definition) is 3. The second-order valence-electron chi connectivity index (χ2n) is 4.48. The smallest absolute Gasteiger partial charge is 0.252 e. The van der Waals surface area contributed by atoms with E-state index in [4.69, 9.17) is 0 Å². The van der Waals surface area contributed by atoms with Crippen molar-refractivity contribution in [3.63, 3.8) is 0 Å². The molecule has 0 radical (unpaired) electrons. The first-order valence-corrected chi connectivity index (χ1v) is 8.77. The summed E-state index contributed by atoms with van der Waals surface area (Å²) in [5, 5.41) is 12.9. The molecule has 0 heterocycles. The van der Waals surface area contributed by atoms with E-state index < -0.39 is 6.10 Å². The third kappa shape index (κ3) is 4.46. The van der Waals surface area contributed by atoms with Crippen LogP contribution in [0.5, 0.6) is 0 Å². The number of thioether (sulfide) groups is 1. The van der Waals surface area contributed by atoms with Crippen molar-refractivity contribution in [3.8, 4) is 0 Å². The molecule has 0 bridgehead atoms. The van der Waals surface area contributed by atoms with E-state index >= 15 is 0 Å². The molecule has 2 N–H and O–H groups in total. The lowest BCUT2D eigenvalue weighted by atomic mass is 10.1. The lowest BCUT2D eigenvalue weighted by Crippen LogP contribution is -2.28. The number of carbonyl (C=O) groups excluding carboxylic acids is 1. The second-order valence-corrected chi connectivity index (χ2v) is 6.52. The summed E-state index contributed by atoms with van der Waals surface area (Å²) in [6.45, 7) is 0.197. The van der Waals surface area contributed by atoms with Crippen LogP contribution in [0.4, 0.5) is 0 Å². The topological polar surface area (TPSA) is 49.3 Å². The van der Waals surface area contributed by atoms with E-state index in [9.17, 15) is 9.90 Å². The van der Waals surface area contributed by atoms with E-state index in [-0.39, 0.29) is 12.5 Å². The molecule has 2 rings (SSSR count). The molecule has 110 valence electrons. The Balaban J connectivity index is 1.95. The molecule has 5 heteroatoms. The van der Waals surface area contributed by atoms with E-state index in [0.29, 0.717) is 5.56 Å². The van der Waals surface area contributed by atoms with Gasteiger partial charge in [0.25, 0.3) is 5.91 Å². The third-order valence-corrected chi connectivity index (χ3v) is 4.76. The van der Waals surface area contributed by atoms with Crippen LogP contribution in [0.15, 0.2) is 53.4 Å². The molecule has 0 fully saturated rings. The van der Waals surface area contributed by atoms with Gasteiger partial charge in [-0.2, -0.15) is 0 Å². The van der Waals surface area contributed by atoms with Gasteiger partial charge >= 0.3 is 0 Å². The highest BCUT2D eigenvalue weighted by molar-refractivity contribution is 14.1. The first-order valence-electron chi connectivity index (χ1n) is 6.46. The van der Waals surface area contributed by atoms with Crippen LogP contribution in [-0.4, -0.2) is 23.8 Å². The molecule has 0 saturated carbocycles.